The number of sulfonamides is 1. The Hall–Kier alpha value is -2.12. The van der Waals surface area contributed by atoms with Gasteiger partial charge in [-0.15, -0.1) is 0 Å². The van der Waals surface area contributed by atoms with Crippen LogP contribution in [0.2, 0.25) is 0 Å². The Balaban J connectivity index is 2.47. The number of para-hydroxylation sites is 1. The van der Waals surface area contributed by atoms with Gasteiger partial charge < -0.3 is 5.43 Å². The second-order valence-corrected chi connectivity index (χ2v) is 6.25. The lowest BCUT2D eigenvalue weighted by atomic mass is 10.2. The molecule has 0 bridgehead atoms. The predicted octanol–water partition coefficient (Wildman–Crippen LogP) is 1.50. The molecule has 0 aliphatic rings. The van der Waals surface area contributed by atoms with Gasteiger partial charge in [0.05, 0.1) is 10.6 Å². The molecule has 7 heteroatoms. The van der Waals surface area contributed by atoms with E-state index in [1.807, 2.05) is 19.1 Å². The number of hydrazine groups is 1. The lowest BCUT2D eigenvalue weighted by Gasteiger charge is -2.21. The summed E-state index contributed by atoms with van der Waals surface area (Å²) in [6.45, 7) is 1.86. The zero-order valence-corrected chi connectivity index (χ0v) is 12.1. The molecule has 0 aliphatic heterocycles. The number of nitrogens with two attached hydrogens (primary N) is 1. The van der Waals surface area contributed by atoms with Gasteiger partial charge in [0, 0.05) is 19.3 Å². The van der Waals surface area contributed by atoms with E-state index >= 15 is 0 Å². The van der Waals surface area contributed by atoms with Gasteiger partial charge in [0.15, 0.2) is 0 Å². The molecule has 2 aromatic rings. The molecule has 1 heterocycles. The van der Waals surface area contributed by atoms with Gasteiger partial charge in [0.25, 0.3) is 10.0 Å². The van der Waals surface area contributed by atoms with Crippen LogP contribution in [0.15, 0.2) is 47.5 Å². The Kier molecular flexibility index (Phi) is 3.91. The first kappa shape index (κ1) is 14.3. The number of aryl methyl sites for hydroxylation is 1. The standard InChI is InChI=1S/C13H16N4O2S/c1-10-5-3-4-6-12(10)17(2)20(18,19)11-7-8-15-13(9-11)16-14/h3-9H,14H2,1-2H3,(H,15,16). The van der Waals surface area contributed by atoms with E-state index in [-0.39, 0.29) is 4.90 Å². The van der Waals surface area contributed by atoms with Crippen LogP contribution in [-0.4, -0.2) is 20.4 Å². The van der Waals surface area contributed by atoms with E-state index in [4.69, 9.17) is 5.84 Å². The molecule has 0 saturated heterocycles. The van der Waals surface area contributed by atoms with Crippen molar-refractivity contribution in [3.63, 3.8) is 0 Å². The number of pyridine rings is 1. The molecule has 0 radical (unpaired) electrons. The van der Waals surface area contributed by atoms with E-state index in [0.29, 0.717) is 11.5 Å². The van der Waals surface area contributed by atoms with Gasteiger partial charge in [-0.3, -0.25) is 4.31 Å². The Morgan fingerprint density at radius 3 is 2.60 bits per heavy atom. The molecule has 1 aromatic carbocycles. The van der Waals surface area contributed by atoms with Gasteiger partial charge in [0.2, 0.25) is 0 Å². The number of anilines is 2. The second-order valence-electron chi connectivity index (χ2n) is 4.28. The quantitative estimate of drug-likeness (QED) is 0.658. The molecule has 0 atom stereocenters. The van der Waals surface area contributed by atoms with E-state index in [2.05, 4.69) is 10.4 Å². The molecule has 1 aromatic heterocycles. The van der Waals surface area contributed by atoms with Crippen molar-refractivity contribution in [2.45, 2.75) is 11.8 Å². The van der Waals surface area contributed by atoms with Gasteiger partial charge in [-0.1, -0.05) is 18.2 Å². The van der Waals surface area contributed by atoms with Gasteiger partial charge in [-0.2, -0.15) is 0 Å². The van der Waals surface area contributed by atoms with Crippen LogP contribution in [-0.2, 0) is 10.0 Å². The normalized spacial score (nSPS) is 11.2. The predicted molar refractivity (Wildman–Crippen MR) is 78.8 cm³/mol. The third-order valence-electron chi connectivity index (χ3n) is 2.99. The molecule has 3 N–H and O–H groups in total. The number of rotatable bonds is 4. The molecule has 0 saturated carbocycles. The van der Waals surface area contributed by atoms with Gasteiger partial charge in [-0.25, -0.2) is 19.2 Å². The molecule has 2 rings (SSSR count). The Morgan fingerprint density at radius 1 is 1.25 bits per heavy atom. The van der Waals surface area contributed by atoms with E-state index < -0.39 is 10.0 Å². The fourth-order valence-electron chi connectivity index (χ4n) is 1.85. The van der Waals surface area contributed by atoms with Crippen LogP contribution < -0.4 is 15.6 Å². The molecule has 106 valence electrons. The van der Waals surface area contributed by atoms with Crippen molar-refractivity contribution in [1.29, 1.82) is 0 Å². The first-order valence-electron chi connectivity index (χ1n) is 5.94. The first-order valence-corrected chi connectivity index (χ1v) is 7.38. The van der Waals surface area contributed by atoms with Crippen molar-refractivity contribution in [1.82, 2.24) is 4.98 Å². The fourth-order valence-corrected chi connectivity index (χ4v) is 3.13. The maximum absolute atomic E-state index is 12.6. The van der Waals surface area contributed by atoms with Crippen LogP contribution >= 0.6 is 0 Å². The highest BCUT2D eigenvalue weighted by atomic mass is 32.2. The van der Waals surface area contributed by atoms with Crippen molar-refractivity contribution in [2.24, 2.45) is 5.84 Å². The summed E-state index contributed by atoms with van der Waals surface area (Å²) in [5.74, 6) is 5.55. The Morgan fingerprint density at radius 2 is 1.95 bits per heavy atom. The van der Waals surface area contributed by atoms with Crippen molar-refractivity contribution in [2.75, 3.05) is 16.8 Å². The molecule has 0 aliphatic carbocycles. The third-order valence-corrected chi connectivity index (χ3v) is 4.76. The Bertz CT molecular complexity index is 716. The van der Waals surface area contributed by atoms with E-state index in [1.54, 1.807) is 12.1 Å². The number of aromatic nitrogens is 1. The van der Waals surface area contributed by atoms with Gasteiger partial charge in [-0.05, 0) is 24.6 Å². The minimum absolute atomic E-state index is 0.131. The SMILES string of the molecule is Cc1ccccc1N(C)S(=O)(=O)c1ccnc(NN)c1. The van der Waals surface area contributed by atoms with Crippen LogP contribution in [0.3, 0.4) is 0 Å². The average molecular weight is 292 g/mol. The summed E-state index contributed by atoms with van der Waals surface area (Å²) in [6, 6.07) is 10.1. The molecular weight excluding hydrogens is 276 g/mol. The molecule has 0 spiro atoms. The minimum Gasteiger partial charge on any atom is -0.308 e. The maximum Gasteiger partial charge on any atom is 0.264 e. The molecule has 0 fully saturated rings. The van der Waals surface area contributed by atoms with Crippen LogP contribution in [0.25, 0.3) is 0 Å². The molecule has 0 amide bonds. The molecule has 0 unspecified atom stereocenters. The topological polar surface area (TPSA) is 88.3 Å². The zero-order chi connectivity index (χ0) is 14.8. The van der Waals surface area contributed by atoms with E-state index in [1.165, 1.54) is 29.7 Å². The first-order chi connectivity index (χ1) is 9.46. The molecule has 20 heavy (non-hydrogen) atoms. The number of nitrogens with one attached hydrogen (secondary N) is 1. The summed E-state index contributed by atoms with van der Waals surface area (Å²) < 4.78 is 26.4. The maximum atomic E-state index is 12.6. The average Bonchev–Trinajstić information content (AvgIpc) is 2.47. The smallest absolute Gasteiger partial charge is 0.264 e. The monoisotopic (exact) mass is 292 g/mol. The minimum atomic E-state index is -3.65. The third kappa shape index (κ3) is 2.59. The summed E-state index contributed by atoms with van der Waals surface area (Å²) in [5.41, 5.74) is 3.85. The number of nitrogens with zero attached hydrogens (tertiary/aromatic N) is 2. The van der Waals surface area contributed by atoms with Crippen LogP contribution in [0.5, 0.6) is 0 Å². The van der Waals surface area contributed by atoms with Crippen LogP contribution in [0.4, 0.5) is 11.5 Å². The molecular formula is C13H16N4O2S. The lowest BCUT2D eigenvalue weighted by Crippen LogP contribution is -2.27. The summed E-state index contributed by atoms with van der Waals surface area (Å²) in [7, 11) is -2.13. The number of benzene rings is 1. The molecule has 6 nitrogen and oxygen atoms in total. The summed E-state index contributed by atoms with van der Waals surface area (Å²) in [6.07, 6.45) is 1.40. The number of hydrogen-bond acceptors (Lipinski definition) is 5. The fraction of sp³-hybridized carbons (Fsp3) is 0.154. The van der Waals surface area contributed by atoms with Crippen LogP contribution in [0, 0.1) is 6.92 Å². The van der Waals surface area contributed by atoms with Crippen LogP contribution in [0.1, 0.15) is 5.56 Å². The largest absolute Gasteiger partial charge is 0.308 e. The Labute approximate surface area is 118 Å². The van der Waals surface area contributed by atoms with Crippen molar-refractivity contribution < 1.29 is 8.42 Å². The zero-order valence-electron chi connectivity index (χ0n) is 11.2. The van der Waals surface area contributed by atoms with Crippen molar-refractivity contribution in [3.05, 3.63) is 48.2 Å². The van der Waals surface area contributed by atoms with Crippen molar-refractivity contribution in [3.8, 4) is 0 Å². The summed E-state index contributed by atoms with van der Waals surface area (Å²) in [4.78, 5) is 4.03. The highest BCUT2D eigenvalue weighted by Crippen LogP contribution is 2.25. The van der Waals surface area contributed by atoms with Gasteiger partial charge in [0.1, 0.15) is 5.82 Å². The highest BCUT2D eigenvalue weighted by molar-refractivity contribution is 7.92. The highest BCUT2D eigenvalue weighted by Gasteiger charge is 2.22. The van der Waals surface area contributed by atoms with Gasteiger partial charge >= 0.3 is 0 Å². The van der Waals surface area contributed by atoms with Crippen molar-refractivity contribution >= 4 is 21.5 Å². The van der Waals surface area contributed by atoms with E-state index in [9.17, 15) is 8.42 Å². The number of hydrogen-bond donors (Lipinski definition) is 2. The van der Waals surface area contributed by atoms with E-state index in [0.717, 1.165) is 5.56 Å². The summed E-state index contributed by atoms with van der Waals surface area (Å²) >= 11 is 0. The second kappa shape index (κ2) is 5.48. The summed E-state index contributed by atoms with van der Waals surface area (Å²) in [5, 5.41) is 0. The lowest BCUT2D eigenvalue weighted by molar-refractivity contribution is 0.594. The number of nitrogen functional groups attached to an aromatic ring is 1.